The smallest absolute Gasteiger partial charge is 0.243 e. The second-order valence-electron chi connectivity index (χ2n) is 4.37. The van der Waals surface area contributed by atoms with Gasteiger partial charge in [0.15, 0.2) is 0 Å². The Labute approximate surface area is 144 Å². The number of nitrogens with two attached hydrogens (primary N) is 1. The number of carbonyl (C=O) groups is 1. The predicted octanol–water partition coefficient (Wildman–Crippen LogP) is 1.67. The number of anilines is 1. The normalized spacial score (nSPS) is 9.79. The van der Waals surface area contributed by atoms with E-state index in [4.69, 9.17) is 24.7 Å². The van der Waals surface area contributed by atoms with Crippen LogP contribution in [0.15, 0.2) is 24.3 Å². The highest BCUT2D eigenvalue weighted by Gasteiger charge is 1.96. The van der Waals surface area contributed by atoms with Gasteiger partial charge in [-0.3, -0.25) is 4.79 Å². The Morgan fingerprint density at radius 3 is 1.92 bits per heavy atom. The van der Waals surface area contributed by atoms with Gasteiger partial charge in [-0.15, -0.1) is 0 Å². The molecule has 0 radical (unpaired) electrons. The van der Waals surface area contributed by atoms with Crippen LogP contribution >= 0.6 is 0 Å². The van der Waals surface area contributed by atoms with E-state index >= 15 is 0 Å². The minimum Gasteiger partial charge on any atom is -0.491 e. The Morgan fingerprint density at radius 2 is 1.42 bits per heavy atom. The van der Waals surface area contributed by atoms with Crippen LogP contribution in [0.3, 0.4) is 0 Å². The lowest BCUT2D eigenvalue weighted by molar-refractivity contribution is -0.123. The highest BCUT2D eigenvalue weighted by atomic mass is 16.6. The molecule has 7 nitrogen and oxygen atoms in total. The highest BCUT2D eigenvalue weighted by molar-refractivity contribution is 5.74. The fourth-order valence-corrected chi connectivity index (χ4v) is 1.55. The highest BCUT2D eigenvalue weighted by Crippen LogP contribution is 2.14. The lowest BCUT2D eigenvalue weighted by Crippen LogP contribution is -2.20. The van der Waals surface area contributed by atoms with E-state index in [-0.39, 0.29) is 6.61 Å². The van der Waals surface area contributed by atoms with E-state index < -0.39 is 5.91 Å². The molecule has 0 saturated carbocycles. The van der Waals surface area contributed by atoms with E-state index in [1.165, 1.54) is 0 Å². The number of rotatable bonds is 13. The summed E-state index contributed by atoms with van der Waals surface area (Å²) in [6.45, 7) is 6.61. The van der Waals surface area contributed by atoms with Crippen LogP contribution in [-0.4, -0.2) is 59.2 Å². The fourth-order valence-electron chi connectivity index (χ4n) is 1.55. The van der Waals surface area contributed by atoms with Crippen LogP contribution in [-0.2, 0) is 19.0 Å². The molecule has 0 heterocycles. The summed E-state index contributed by atoms with van der Waals surface area (Å²) >= 11 is 0. The molecule has 3 N–H and O–H groups in total. The molecule has 0 aromatic heterocycles. The Hall–Kier alpha value is -1.83. The standard InChI is InChI=1S/C15H24N2O5.C2H6/c1-17-13-2-4-14(5-3-13)22-11-10-20-7-6-19-8-9-21-12-15(16)18;1-2/h2-5,17H,6-12H2,1H3,(H2,16,18);1-2H3. The van der Waals surface area contributed by atoms with Crippen molar-refractivity contribution in [2.75, 3.05) is 58.6 Å². The minimum atomic E-state index is -0.482. The average molecular weight is 342 g/mol. The molecule has 24 heavy (non-hydrogen) atoms. The average Bonchev–Trinajstić information content (AvgIpc) is 2.61. The Balaban J connectivity index is 0.00000254. The van der Waals surface area contributed by atoms with Crippen LogP contribution in [0.25, 0.3) is 0 Å². The van der Waals surface area contributed by atoms with Crippen molar-refractivity contribution >= 4 is 11.6 Å². The number of nitrogens with one attached hydrogen (secondary N) is 1. The number of primary amides is 1. The van der Waals surface area contributed by atoms with Crippen molar-refractivity contribution in [3.8, 4) is 5.75 Å². The first kappa shape index (κ1) is 22.2. The van der Waals surface area contributed by atoms with Crippen LogP contribution in [0.2, 0.25) is 0 Å². The molecule has 0 unspecified atom stereocenters. The lowest BCUT2D eigenvalue weighted by Gasteiger charge is -2.08. The van der Waals surface area contributed by atoms with Gasteiger partial charge in [-0.1, -0.05) is 13.8 Å². The van der Waals surface area contributed by atoms with Crippen LogP contribution in [0.5, 0.6) is 5.75 Å². The topological polar surface area (TPSA) is 92.0 Å². The van der Waals surface area contributed by atoms with E-state index in [0.29, 0.717) is 39.6 Å². The van der Waals surface area contributed by atoms with Gasteiger partial charge >= 0.3 is 0 Å². The number of benzene rings is 1. The maximum Gasteiger partial charge on any atom is 0.243 e. The molecular weight excluding hydrogens is 312 g/mol. The molecule has 0 bridgehead atoms. The van der Waals surface area contributed by atoms with Crippen LogP contribution in [0.1, 0.15) is 13.8 Å². The monoisotopic (exact) mass is 342 g/mol. The van der Waals surface area contributed by atoms with Crippen molar-refractivity contribution in [3.05, 3.63) is 24.3 Å². The molecule has 1 aromatic carbocycles. The van der Waals surface area contributed by atoms with Crippen LogP contribution < -0.4 is 15.8 Å². The molecule has 0 aliphatic heterocycles. The number of carbonyl (C=O) groups excluding carboxylic acids is 1. The number of hydrogen-bond donors (Lipinski definition) is 2. The molecule has 1 rings (SSSR count). The maximum atomic E-state index is 10.4. The van der Waals surface area contributed by atoms with Gasteiger partial charge in [-0.05, 0) is 24.3 Å². The lowest BCUT2D eigenvalue weighted by atomic mass is 10.3. The second-order valence-corrected chi connectivity index (χ2v) is 4.37. The van der Waals surface area contributed by atoms with Gasteiger partial charge in [-0.2, -0.15) is 0 Å². The Bertz CT molecular complexity index is 412. The van der Waals surface area contributed by atoms with E-state index in [1.54, 1.807) is 0 Å². The fraction of sp³-hybridized carbons (Fsp3) is 0.588. The number of hydrogen-bond acceptors (Lipinski definition) is 6. The predicted molar refractivity (Wildman–Crippen MR) is 94.5 cm³/mol. The summed E-state index contributed by atoms with van der Waals surface area (Å²) < 4.78 is 21.1. The summed E-state index contributed by atoms with van der Waals surface area (Å²) in [6.07, 6.45) is 0. The van der Waals surface area contributed by atoms with Crippen molar-refractivity contribution in [3.63, 3.8) is 0 Å². The van der Waals surface area contributed by atoms with Crippen molar-refractivity contribution in [2.24, 2.45) is 5.73 Å². The summed E-state index contributed by atoms with van der Waals surface area (Å²) in [7, 11) is 1.87. The summed E-state index contributed by atoms with van der Waals surface area (Å²) in [5.74, 6) is 0.328. The summed E-state index contributed by atoms with van der Waals surface area (Å²) in [5, 5.41) is 3.04. The first-order valence-electron chi connectivity index (χ1n) is 8.14. The molecular formula is C17H30N2O5. The minimum absolute atomic E-state index is 0.0769. The summed E-state index contributed by atoms with van der Waals surface area (Å²) in [6, 6.07) is 7.71. The third-order valence-corrected chi connectivity index (χ3v) is 2.63. The van der Waals surface area contributed by atoms with Gasteiger partial charge in [0.25, 0.3) is 0 Å². The van der Waals surface area contributed by atoms with Crippen LogP contribution in [0.4, 0.5) is 5.69 Å². The third kappa shape index (κ3) is 12.7. The maximum absolute atomic E-state index is 10.4. The molecule has 7 heteroatoms. The van der Waals surface area contributed by atoms with E-state index in [0.717, 1.165) is 11.4 Å². The van der Waals surface area contributed by atoms with Gasteiger partial charge in [-0.25, -0.2) is 0 Å². The van der Waals surface area contributed by atoms with Crippen molar-refractivity contribution in [1.29, 1.82) is 0 Å². The Morgan fingerprint density at radius 1 is 0.917 bits per heavy atom. The molecule has 0 spiro atoms. The van der Waals surface area contributed by atoms with Gasteiger partial charge in [0.05, 0.1) is 33.0 Å². The van der Waals surface area contributed by atoms with Crippen LogP contribution in [0, 0.1) is 0 Å². The molecule has 0 aliphatic rings. The van der Waals surface area contributed by atoms with Gasteiger partial charge in [0.2, 0.25) is 5.91 Å². The molecule has 0 saturated heterocycles. The van der Waals surface area contributed by atoms with E-state index in [1.807, 2.05) is 45.2 Å². The molecule has 1 amide bonds. The zero-order chi connectivity index (χ0) is 18.0. The molecule has 0 aliphatic carbocycles. The molecule has 0 atom stereocenters. The Kier molecular flexibility index (Phi) is 14.8. The van der Waals surface area contributed by atoms with Gasteiger partial charge in [0.1, 0.15) is 19.0 Å². The van der Waals surface area contributed by atoms with Crippen molar-refractivity contribution in [2.45, 2.75) is 13.8 Å². The molecule has 138 valence electrons. The zero-order valence-electron chi connectivity index (χ0n) is 14.9. The number of ether oxygens (including phenoxy) is 4. The SMILES string of the molecule is CC.CNc1ccc(OCCOCCOCCOCC(N)=O)cc1. The summed E-state index contributed by atoms with van der Waals surface area (Å²) in [5.41, 5.74) is 5.96. The van der Waals surface area contributed by atoms with E-state index in [9.17, 15) is 4.79 Å². The number of amides is 1. The third-order valence-electron chi connectivity index (χ3n) is 2.63. The van der Waals surface area contributed by atoms with Crippen molar-refractivity contribution in [1.82, 2.24) is 0 Å². The van der Waals surface area contributed by atoms with Gasteiger partial charge in [0, 0.05) is 12.7 Å². The first-order chi connectivity index (χ1) is 11.7. The largest absolute Gasteiger partial charge is 0.491 e. The molecule has 0 fully saturated rings. The zero-order valence-corrected chi connectivity index (χ0v) is 14.9. The molecule has 1 aromatic rings. The van der Waals surface area contributed by atoms with Gasteiger partial charge < -0.3 is 30.0 Å². The quantitative estimate of drug-likeness (QED) is 0.530. The summed E-state index contributed by atoms with van der Waals surface area (Å²) in [4.78, 5) is 10.4. The van der Waals surface area contributed by atoms with Crippen molar-refractivity contribution < 1.29 is 23.7 Å². The van der Waals surface area contributed by atoms with E-state index in [2.05, 4.69) is 5.32 Å². The second kappa shape index (κ2) is 16.0. The first-order valence-corrected chi connectivity index (χ1v) is 8.14.